The van der Waals surface area contributed by atoms with Crippen LogP contribution in [-0.2, 0) is 10.1 Å². The minimum absolute atomic E-state index is 0.0630. The van der Waals surface area contributed by atoms with E-state index >= 15 is 0 Å². The number of rotatable bonds is 1. The lowest BCUT2D eigenvalue weighted by molar-refractivity contribution is 0.442. The van der Waals surface area contributed by atoms with Gasteiger partial charge in [0.2, 0.25) is 0 Å². The van der Waals surface area contributed by atoms with E-state index < -0.39 is 26.4 Å². The van der Waals surface area contributed by atoms with E-state index in [0.29, 0.717) is 16.5 Å². The SMILES string of the molecule is Cc1c(C)c2cc(S(=O)(=O)O)c(O)cc2oc1=O. The van der Waals surface area contributed by atoms with Crippen molar-refractivity contribution in [3.8, 4) is 5.75 Å². The number of aryl methyl sites for hydroxylation is 1. The maximum atomic E-state index is 11.4. The molecule has 0 spiro atoms. The van der Waals surface area contributed by atoms with Gasteiger partial charge in [0.15, 0.2) is 0 Å². The summed E-state index contributed by atoms with van der Waals surface area (Å²) in [7, 11) is -4.53. The highest BCUT2D eigenvalue weighted by Crippen LogP contribution is 2.30. The van der Waals surface area contributed by atoms with Gasteiger partial charge in [0.25, 0.3) is 10.1 Å². The third-order valence-electron chi connectivity index (χ3n) is 2.81. The highest BCUT2D eigenvalue weighted by atomic mass is 32.2. The van der Waals surface area contributed by atoms with Gasteiger partial charge in [-0.05, 0) is 25.5 Å². The quantitative estimate of drug-likeness (QED) is 0.599. The normalized spacial score (nSPS) is 11.9. The first-order valence-corrected chi connectivity index (χ1v) is 6.40. The fourth-order valence-corrected chi connectivity index (χ4v) is 2.25. The predicted octanol–water partition coefficient (Wildman–Crippen LogP) is 1.36. The van der Waals surface area contributed by atoms with E-state index in [9.17, 15) is 18.3 Å². The summed E-state index contributed by atoms with van der Waals surface area (Å²) in [6, 6.07) is 2.07. The Morgan fingerprint density at radius 3 is 2.33 bits per heavy atom. The molecule has 6 nitrogen and oxygen atoms in total. The molecule has 96 valence electrons. The highest BCUT2D eigenvalue weighted by Gasteiger charge is 2.19. The third-order valence-corrected chi connectivity index (χ3v) is 3.70. The first-order chi connectivity index (χ1) is 8.21. The fraction of sp³-hybridized carbons (Fsp3) is 0.182. The van der Waals surface area contributed by atoms with Crippen LogP contribution in [0.4, 0.5) is 0 Å². The predicted molar refractivity (Wildman–Crippen MR) is 63.4 cm³/mol. The lowest BCUT2D eigenvalue weighted by Crippen LogP contribution is -2.06. The Labute approximate surface area is 102 Å². The van der Waals surface area contributed by atoms with Crippen molar-refractivity contribution >= 4 is 21.1 Å². The second-order valence-electron chi connectivity index (χ2n) is 3.93. The second kappa shape index (κ2) is 3.82. The van der Waals surface area contributed by atoms with Crippen LogP contribution in [-0.4, -0.2) is 18.1 Å². The molecule has 0 saturated carbocycles. The van der Waals surface area contributed by atoms with Crippen LogP contribution in [0.1, 0.15) is 11.1 Å². The molecule has 0 radical (unpaired) electrons. The lowest BCUT2D eigenvalue weighted by atomic mass is 10.1. The average molecular weight is 270 g/mol. The Balaban J connectivity index is 3.00. The molecular formula is C11H10O6S. The molecular weight excluding hydrogens is 260 g/mol. The van der Waals surface area contributed by atoms with E-state index in [0.717, 1.165) is 12.1 Å². The minimum atomic E-state index is -4.53. The zero-order valence-corrected chi connectivity index (χ0v) is 10.4. The third kappa shape index (κ3) is 1.87. The van der Waals surface area contributed by atoms with Gasteiger partial charge in [-0.15, -0.1) is 0 Å². The molecule has 1 heterocycles. The number of hydrogen-bond acceptors (Lipinski definition) is 5. The van der Waals surface area contributed by atoms with Crippen molar-refractivity contribution in [2.75, 3.05) is 0 Å². The monoisotopic (exact) mass is 270 g/mol. The smallest absolute Gasteiger partial charge is 0.339 e. The molecule has 2 N–H and O–H groups in total. The molecule has 1 aromatic heterocycles. The van der Waals surface area contributed by atoms with Gasteiger partial charge < -0.3 is 9.52 Å². The van der Waals surface area contributed by atoms with Gasteiger partial charge in [0, 0.05) is 17.0 Å². The summed E-state index contributed by atoms with van der Waals surface area (Å²) in [5, 5.41) is 9.84. The Morgan fingerprint density at radius 1 is 1.17 bits per heavy atom. The van der Waals surface area contributed by atoms with Gasteiger partial charge in [-0.2, -0.15) is 8.42 Å². The molecule has 0 aliphatic rings. The van der Waals surface area contributed by atoms with Crippen LogP contribution in [0, 0.1) is 13.8 Å². The molecule has 0 unspecified atom stereocenters. The number of aromatic hydroxyl groups is 1. The number of benzene rings is 1. The summed E-state index contributed by atoms with van der Waals surface area (Å²) in [4.78, 5) is 10.8. The molecule has 0 atom stereocenters. The largest absolute Gasteiger partial charge is 0.506 e. The first kappa shape index (κ1) is 12.6. The van der Waals surface area contributed by atoms with Crippen molar-refractivity contribution in [1.29, 1.82) is 0 Å². The molecule has 2 rings (SSSR count). The summed E-state index contributed by atoms with van der Waals surface area (Å²) in [6.45, 7) is 3.17. The Kier molecular flexibility index (Phi) is 2.67. The summed E-state index contributed by atoms with van der Waals surface area (Å²) >= 11 is 0. The summed E-state index contributed by atoms with van der Waals surface area (Å²) in [6.07, 6.45) is 0. The Morgan fingerprint density at radius 2 is 1.78 bits per heavy atom. The number of phenols is 1. The minimum Gasteiger partial charge on any atom is -0.506 e. The molecule has 2 aromatic rings. The van der Waals surface area contributed by atoms with Crippen LogP contribution in [0.25, 0.3) is 11.0 Å². The van der Waals surface area contributed by atoms with Crippen LogP contribution in [0.2, 0.25) is 0 Å². The van der Waals surface area contributed by atoms with Crippen molar-refractivity contribution < 1.29 is 22.5 Å². The van der Waals surface area contributed by atoms with E-state index in [2.05, 4.69) is 0 Å². The van der Waals surface area contributed by atoms with Crippen molar-refractivity contribution in [2.45, 2.75) is 18.7 Å². The molecule has 0 aliphatic heterocycles. The number of phenolic OH excluding ortho intramolecular Hbond substituents is 1. The molecule has 0 saturated heterocycles. The molecule has 0 aliphatic carbocycles. The van der Waals surface area contributed by atoms with Gasteiger partial charge in [-0.25, -0.2) is 4.79 Å². The van der Waals surface area contributed by atoms with Crippen LogP contribution in [0.3, 0.4) is 0 Å². The topological polar surface area (TPSA) is 105 Å². The van der Waals surface area contributed by atoms with Gasteiger partial charge in [-0.1, -0.05) is 0 Å². The van der Waals surface area contributed by atoms with Crippen LogP contribution in [0.5, 0.6) is 5.75 Å². The van der Waals surface area contributed by atoms with Crippen LogP contribution < -0.4 is 5.63 Å². The standard InChI is InChI=1S/C11H10O6S/c1-5-6(2)11(13)17-9-4-8(12)10(3-7(5)9)18(14,15)16/h3-4,12H,1-2H3,(H,14,15,16). The van der Waals surface area contributed by atoms with E-state index in [4.69, 9.17) is 8.97 Å². The summed E-state index contributed by atoms with van der Waals surface area (Å²) in [5.41, 5.74) is 0.382. The van der Waals surface area contributed by atoms with Crippen molar-refractivity contribution in [1.82, 2.24) is 0 Å². The molecule has 0 amide bonds. The van der Waals surface area contributed by atoms with Crippen molar-refractivity contribution in [3.05, 3.63) is 33.7 Å². The van der Waals surface area contributed by atoms with E-state index in [1.807, 2.05) is 0 Å². The Bertz CT molecular complexity index is 800. The maximum absolute atomic E-state index is 11.4. The van der Waals surface area contributed by atoms with E-state index in [1.54, 1.807) is 13.8 Å². The molecule has 0 bridgehead atoms. The van der Waals surface area contributed by atoms with Gasteiger partial charge in [0.1, 0.15) is 16.2 Å². The van der Waals surface area contributed by atoms with Crippen LogP contribution >= 0.6 is 0 Å². The second-order valence-corrected chi connectivity index (χ2v) is 5.32. The summed E-state index contributed by atoms with van der Waals surface area (Å²) < 4.78 is 36.0. The lowest BCUT2D eigenvalue weighted by Gasteiger charge is -2.07. The summed E-state index contributed by atoms with van der Waals surface area (Å²) in [5.74, 6) is -0.670. The number of hydrogen-bond donors (Lipinski definition) is 2. The van der Waals surface area contributed by atoms with E-state index in [1.165, 1.54) is 0 Å². The first-order valence-electron chi connectivity index (χ1n) is 4.96. The van der Waals surface area contributed by atoms with Gasteiger partial charge >= 0.3 is 5.63 Å². The molecule has 1 aromatic carbocycles. The zero-order valence-electron chi connectivity index (χ0n) is 9.59. The zero-order chi connectivity index (χ0) is 13.7. The Hall–Kier alpha value is -1.86. The van der Waals surface area contributed by atoms with Gasteiger partial charge in [-0.3, -0.25) is 4.55 Å². The molecule has 0 fully saturated rings. The van der Waals surface area contributed by atoms with Gasteiger partial charge in [0.05, 0.1) is 0 Å². The van der Waals surface area contributed by atoms with E-state index in [-0.39, 0.29) is 5.58 Å². The number of fused-ring (bicyclic) bond motifs is 1. The molecule has 18 heavy (non-hydrogen) atoms. The fourth-order valence-electron chi connectivity index (χ4n) is 1.66. The average Bonchev–Trinajstić information content (AvgIpc) is 2.24. The highest BCUT2D eigenvalue weighted by molar-refractivity contribution is 7.86. The van der Waals surface area contributed by atoms with Crippen LogP contribution in [0.15, 0.2) is 26.2 Å². The maximum Gasteiger partial charge on any atom is 0.339 e. The van der Waals surface area contributed by atoms with Crippen molar-refractivity contribution in [2.24, 2.45) is 0 Å². The van der Waals surface area contributed by atoms with Crippen molar-refractivity contribution in [3.63, 3.8) is 0 Å². The molecule has 7 heteroatoms.